The molecule has 3 rings (SSSR count). The molecule has 0 aromatic heterocycles. The summed E-state index contributed by atoms with van der Waals surface area (Å²) >= 11 is 0. The highest BCUT2D eigenvalue weighted by molar-refractivity contribution is 5.76. The van der Waals surface area contributed by atoms with E-state index in [9.17, 15) is 4.79 Å². The van der Waals surface area contributed by atoms with Crippen molar-refractivity contribution in [2.24, 2.45) is 0 Å². The first-order valence-electron chi connectivity index (χ1n) is 8.78. The molecule has 132 valence electrons. The van der Waals surface area contributed by atoms with E-state index in [2.05, 4.69) is 37.4 Å². The van der Waals surface area contributed by atoms with Crippen molar-refractivity contribution < 1.29 is 14.3 Å². The Morgan fingerprint density at radius 2 is 1.84 bits per heavy atom. The zero-order valence-electron chi connectivity index (χ0n) is 15.1. The van der Waals surface area contributed by atoms with E-state index in [1.165, 1.54) is 16.7 Å². The molecule has 0 saturated carbocycles. The summed E-state index contributed by atoms with van der Waals surface area (Å²) in [7, 11) is 0. The molecule has 1 heterocycles. The van der Waals surface area contributed by atoms with Gasteiger partial charge in [0.05, 0.1) is 6.04 Å². The number of rotatable bonds is 5. The van der Waals surface area contributed by atoms with Gasteiger partial charge >= 0.3 is 0 Å². The van der Waals surface area contributed by atoms with Crippen LogP contribution in [0.4, 0.5) is 0 Å². The van der Waals surface area contributed by atoms with Gasteiger partial charge in [-0.2, -0.15) is 0 Å². The minimum atomic E-state index is 0.00775. The van der Waals surface area contributed by atoms with Crippen LogP contribution in [0, 0.1) is 13.8 Å². The normalized spacial score (nSPS) is 14.0. The molecule has 1 N–H and O–H groups in total. The molecular weight excluding hydrogens is 314 g/mol. The monoisotopic (exact) mass is 339 g/mol. The van der Waals surface area contributed by atoms with Crippen LogP contribution in [0.1, 0.15) is 41.6 Å². The second-order valence-electron chi connectivity index (χ2n) is 6.63. The van der Waals surface area contributed by atoms with E-state index >= 15 is 0 Å². The van der Waals surface area contributed by atoms with Gasteiger partial charge in [0.25, 0.3) is 0 Å². The van der Waals surface area contributed by atoms with Crippen molar-refractivity contribution in [2.75, 3.05) is 13.2 Å². The Bertz CT molecular complexity index is 770. The van der Waals surface area contributed by atoms with Crippen LogP contribution in [0.2, 0.25) is 0 Å². The predicted molar refractivity (Wildman–Crippen MR) is 98.2 cm³/mol. The fourth-order valence-corrected chi connectivity index (χ4v) is 3.20. The molecule has 4 heteroatoms. The third-order valence-corrected chi connectivity index (χ3v) is 4.52. The summed E-state index contributed by atoms with van der Waals surface area (Å²) in [4.78, 5) is 12.3. The summed E-state index contributed by atoms with van der Waals surface area (Å²) in [5.41, 5.74) is 4.69. The van der Waals surface area contributed by atoms with Crippen LogP contribution in [-0.2, 0) is 11.2 Å². The van der Waals surface area contributed by atoms with Gasteiger partial charge in [-0.3, -0.25) is 4.79 Å². The average molecular weight is 339 g/mol. The topological polar surface area (TPSA) is 47.6 Å². The lowest BCUT2D eigenvalue weighted by molar-refractivity contribution is -0.121. The summed E-state index contributed by atoms with van der Waals surface area (Å²) in [6.07, 6.45) is 1.14. The van der Waals surface area contributed by atoms with Gasteiger partial charge < -0.3 is 14.8 Å². The number of hydrogen-bond acceptors (Lipinski definition) is 3. The second kappa shape index (κ2) is 7.60. The first-order chi connectivity index (χ1) is 12.0. The number of hydrogen-bond donors (Lipinski definition) is 1. The van der Waals surface area contributed by atoms with Crippen molar-refractivity contribution in [1.82, 2.24) is 5.32 Å². The Morgan fingerprint density at radius 1 is 1.08 bits per heavy atom. The molecule has 0 fully saturated rings. The smallest absolute Gasteiger partial charge is 0.220 e. The molecule has 2 aromatic rings. The van der Waals surface area contributed by atoms with Crippen molar-refractivity contribution >= 4 is 5.91 Å². The number of nitrogens with one attached hydrogen (secondary N) is 1. The van der Waals surface area contributed by atoms with Gasteiger partial charge in [0.1, 0.15) is 13.2 Å². The van der Waals surface area contributed by atoms with E-state index in [1.54, 1.807) is 0 Å². The van der Waals surface area contributed by atoms with Crippen LogP contribution in [0.15, 0.2) is 36.4 Å². The van der Waals surface area contributed by atoms with Crippen molar-refractivity contribution in [1.29, 1.82) is 0 Å². The van der Waals surface area contributed by atoms with Crippen molar-refractivity contribution in [2.45, 2.75) is 39.7 Å². The summed E-state index contributed by atoms with van der Waals surface area (Å²) in [6, 6.07) is 12.2. The molecule has 0 bridgehead atoms. The minimum absolute atomic E-state index is 0.00775. The maximum atomic E-state index is 12.3. The molecule has 4 nitrogen and oxygen atoms in total. The van der Waals surface area contributed by atoms with Crippen LogP contribution in [0.3, 0.4) is 0 Å². The standard InChI is InChI=1S/C21H25NO3/c1-14-4-7-18(15(2)12-14)16(3)22-21(23)9-6-17-5-8-19-20(13-17)25-11-10-24-19/h4-5,7-8,12-13,16H,6,9-11H2,1-3H3,(H,22,23). The van der Waals surface area contributed by atoms with E-state index in [4.69, 9.17) is 9.47 Å². The summed E-state index contributed by atoms with van der Waals surface area (Å²) in [5.74, 6) is 1.61. The van der Waals surface area contributed by atoms with Crippen LogP contribution in [-0.4, -0.2) is 19.1 Å². The van der Waals surface area contributed by atoms with Gasteiger partial charge in [-0.05, 0) is 56.0 Å². The first kappa shape index (κ1) is 17.3. The number of fused-ring (bicyclic) bond motifs is 1. The molecule has 1 aliphatic rings. The Morgan fingerprint density at radius 3 is 2.60 bits per heavy atom. The fraction of sp³-hybridized carbons (Fsp3) is 0.381. The molecule has 0 radical (unpaired) electrons. The lowest BCUT2D eigenvalue weighted by atomic mass is 10.00. The predicted octanol–water partition coefficient (Wildman–Crippen LogP) is 3.88. The van der Waals surface area contributed by atoms with Crippen LogP contribution < -0.4 is 14.8 Å². The quantitative estimate of drug-likeness (QED) is 0.899. The number of ether oxygens (including phenoxy) is 2. The van der Waals surface area contributed by atoms with E-state index < -0.39 is 0 Å². The van der Waals surface area contributed by atoms with E-state index in [0.29, 0.717) is 26.1 Å². The van der Waals surface area contributed by atoms with Gasteiger partial charge in [0, 0.05) is 6.42 Å². The number of carbonyl (C=O) groups excluding carboxylic acids is 1. The largest absolute Gasteiger partial charge is 0.486 e. The molecule has 0 aliphatic carbocycles. The van der Waals surface area contributed by atoms with Gasteiger partial charge in [0.2, 0.25) is 5.91 Å². The van der Waals surface area contributed by atoms with E-state index in [0.717, 1.165) is 17.1 Å². The van der Waals surface area contributed by atoms with Crippen LogP contribution >= 0.6 is 0 Å². The van der Waals surface area contributed by atoms with Gasteiger partial charge in [0.15, 0.2) is 11.5 Å². The molecule has 2 aromatic carbocycles. The number of carbonyl (C=O) groups is 1. The zero-order chi connectivity index (χ0) is 17.8. The van der Waals surface area contributed by atoms with E-state index in [1.807, 2.05) is 25.1 Å². The number of benzene rings is 2. The van der Waals surface area contributed by atoms with Gasteiger partial charge in [-0.1, -0.05) is 29.8 Å². The molecule has 0 saturated heterocycles. The molecule has 1 aliphatic heterocycles. The Balaban J connectivity index is 1.55. The molecule has 25 heavy (non-hydrogen) atoms. The van der Waals surface area contributed by atoms with Crippen LogP contribution in [0.25, 0.3) is 0 Å². The lowest BCUT2D eigenvalue weighted by Crippen LogP contribution is -2.27. The van der Waals surface area contributed by atoms with Crippen molar-refractivity contribution in [3.8, 4) is 11.5 Å². The summed E-state index contributed by atoms with van der Waals surface area (Å²) in [6.45, 7) is 7.35. The minimum Gasteiger partial charge on any atom is -0.486 e. The average Bonchev–Trinajstić information content (AvgIpc) is 2.59. The van der Waals surface area contributed by atoms with Crippen molar-refractivity contribution in [3.63, 3.8) is 0 Å². The first-order valence-corrected chi connectivity index (χ1v) is 8.78. The highest BCUT2D eigenvalue weighted by Gasteiger charge is 2.14. The molecule has 1 amide bonds. The highest BCUT2D eigenvalue weighted by Crippen LogP contribution is 2.31. The zero-order valence-corrected chi connectivity index (χ0v) is 15.1. The molecule has 0 spiro atoms. The maximum absolute atomic E-state index is 12.3. The molecule has 1 unspecified atom stereocenters. The maximum Gasteiger partial charge on any atom is 0.220 e. The van der Waals surface area contributed by atoms with Gasteiger partial charge in [-0.15, -0.1) is 0 Å². The Labute approximate surface area is 149 Å². The SMILES string of the molecule is Cc1ccc(C(C)NC(=O)CCc2ccc3c(c2)OCCO3)c(C)c1. The molecular formula is C21H25NO3. The fourth-order valence-electron chi connectivity index (χ4n) is 3.20. The summed E-state index contributed by atoms with van der Waals surface area (Å²) in [5, 5.41) is 3.09. The lowest BCUT2D eigenvalue weighted by Gasteiger charge is -2.19. The Kier molecular flexibility index (Phi) is 5.27. The second-order valence-corrected chi connectivity index (χ2v) is 6.63. The summed E-state index contributed by atoms with van der Waals surface area (Å²) < 4.78 is 11.1. The molecule has 1 atom stereocenters. The van der Waals surface area contributed by atoms with E-state index in [-0.39, 0.29) is 11.9 Å². The number of aryl methyl sites for hydroxylation is 3. The van der Waals surface area contributed by atoms with Crippen molar-refractivity contribution in [3.05, 3.63) is 58.7 Å². The third kappa shape index (κ3) is 4.32. The van der Waals surface area contributed by atoms with Gasteiger partial charge in [-0.25, -0.2) is 0 Å². The highest BCUT2D eigenvalue weighted by atomic mass is 16.6. The Hall–Kier alpha value is -2.49. The van der Waals surface area contributed by atoms with Crippen LogP contribution in [0.5, 0.6) is 11.5 Å². The third-order valence-electron chi connectivity index (χ3n) is 4.52. The number of amides is 1.